The first-order chi connectivity index (χ1) is 9.47. The molecule has 1 aromatic carbocycles. The third-order valence-electron chi connectivity index (χ3n) is 3.16. The molecule has 2 rings (SSSR count). The summed E-state index contributed by atoms with van der Waals surface area (Å²) in [5, 5.41) is 2.11. The molecule has 20 heavy (non-hydrogen) atoms. The lowest BCUT2D eigenvalue weighted by Crippen LogP contribution is -2.42. The van der Waals surface area contributed by atoms with Crippen molar-refractivity contribution in [1.82, 2.24) is 5.32 Å². The van der Waals surface area contributed by atoms with Crippen molar-refractivity contribution in [3.05, 3.63) is 24.3 Å². The summed E-state index contributed by atoms with van der Waals surface area (Å²) in [6, 6.07) is 7.44. The number of hydrogen-bond acceptors (Lipinski definition) is 4. The van der Waals surface area contributed by atoms with E-state index in [1.165, 1.54) is 18.7 Å². The van der Waals surface area contributed by atoms with E-state index >= 15 is 0 Å². The normalized spacial score (nSPS) is 18.6. The van der Waals surface area contributed by atoms with Crippen molar-refractivity contribution in [1.29, 1.82) is 0 Å². The van der Waals surface area contributed by atoms with Gasteiger partial charge in [0.1, 0.15) is 0 Å². The first-order valence-electron chi connectivity index (χ1n) is 6.32. The zero-order chi connectivity index (χ0) is 14.7. The highest BCUT2D eigenvalue weighted by molar-refractivity contribution is 8.00. The van der Waals surface area contributed by atoms with Crippen molar-refractivity contribution in [3.8, 4) is 0 Å². The van der Waals surface area contributed by atoms with E-state index in [0.29, 0.717) is 12.8 Å². The van der Waals surface area contributed by atoms with Gasteiger partial charge in [-0.3, -0.25) is 19.7 Å². The van der Waals surface area contributed by atoms with Crippen molar-refractivity contribution < 1.29 is 14.4 Å². The summed E-state index contributed by atoms with van der Waals surface area (Å²) in [4.78, 5) is 36.5. The predicted octanol–water partition coefficient (Wildman–Crippen LogP) is 1.57. The Hall–Kier alpha value is -1.82. The lowest BCUT2D eigenvalue weighted by atomic mass is 10.1. The molecule has 0 radical (unpaired) electrons. The van der Waals surface area contributed by atoms with Gasteiger partial charge in [0.05, 0.1) is 5.25 Å². The summed E-state index contributed by atoms with van der Waals surface area (Å²) in [7, 11) is 1.71. The van der Waals surface area contributed by atoms with Gasteiger partial charge in [-0.2, -0.15) is 0 Å². The monoisotopic (exact) mass is 292 g/mol. The van der Waals surface area contributed by atoms with E-state index in [1.807, 2.05) is 24.3 Å². The van der Waals surface area contributed by atoms with E-state index in [-0.39, 0.29) is 23.0 Å². The van der Waals surface area contributed by atoms with Crippen molar-refractivity contribution in [3.63, 3.8) is 0 Å². The fraction of sp³-hybridized carbons (Fsp3) is 0.357. The van der Waals surface area contributed by atoms with Crippen LogP contribution < -0.4 is 10.2 Å². The van der Waals surface area contributed by atoms with Crippen LogP contribution in [0.2, 0.25) is 0 Å². The molecule has 1 fully saturated rings. The molecule has 1 aliphatic rings. The SMILES string of the molecule is CC(=O)N(C)c1ccc(SC2CCC(=O)NC2=O)cc1. The summed E-state index contributed by atoms with van der Waals surface area (Å²) in [6.07, 6.45) is 0.943. The number of amides is 3. The molecule has 0 saturated carbocycles. The van der Waals surface area contributed by atoms with E-state index < -0.39 is 0 Å². The van der Waals surface area contributed by atoms with Crippen LogP contribution in [0.3, 0.4) is 0 Å². The molecule has 1 saturated heterocycles. The highest BCUT2D eigenvalue weighted by Gasteiger charge is 2.27. The van der Waals surface area contributed by atoms with Gasteiger partial charge in [-0.05, 0) is 30.7 Å². The van der Waals surface area contributed by atoms with Crippen LogP contribution in [0, 0.1) is 0 Å². The zero-order valence-corrected chi connectivity index (χ0v) is 12.2. The summed E-state index contributed by atoms with van der Waals surface area (Å²) < 4.78 is 0. The van der Waals surface area contributed by atoms with E-state index in [0.717, 1.165) is 10.6 Å². The Kier molecular flexibility index (Phi) is 4.44. The molecular weight excluding hydrogens is 276 g/mol. The standard InChI is InChI=1S/C14H16N2O3S/c1-9(17)16(2)10-3-5-11(6-4-10)20-12-7-8-13(18)15-14(12)19/h3-6,12H,7-8H2,1-2H3,(H,15,18,19). The Balaban J connectivity index is 2.02. The number of hydrogen-bond donors (Lipinski definition) is 1. The van der Waals surface area contributed by atoms with Crippen LogP contribution in [-0.4, -0.2) is 30.0 Å². The van der Waals surface area contributed by atoms with Crippen LogP contribution >= 0.6 is 11.8 Å². The molecular formula is C14H16N2O3S. The second-order valence-corrected chi connectivity index (χ2v) is 5.91. The highest BCUT2D eigenvalue weighted by atomic mass is 32.2. The summed E-state index contributed by atoms with van der Waals surface area (Å²) in [5.74, 6) is -0.461. The smallest absolute Gasteiger partial charge is 0.240 e. The number of benzene rings is 1. The maximum atomic E-state index is 11.7. The molecule has 3 amide bonds. The fourth-order valence-electron chi connectivity index (χ4n) is 1.88. The Bertz CT molecular complexity index is 542. The third kappa shape index (κ3) is 3.39. The molecule has 1 aliphatic heterocycles. The number of nitrogens with zero attached hydrogens (tertiary/aromatic N) is 1. The Morgan fingerprint density at radius 1 is 1.30 bits per heavy atom. The van der Waals surface area contributed by atoms with Gasteiger partial charge < -0.3 is 4.90 Å². The lowest BCUT2D eigenvalue weighted by molar-refractivity contribution is -0.132. The van der Waals surface area contributed by atoms with Crippen LogP contribution in [0.1, 0.15) is 19.8 Å². The minimum atomic E-state index is -0.232. The Morgan fingerprint density at radius 2 is 1.95 bits per heavy atom. The van der Waals surface area contributed by atoms with Gasteiger partial charge in [-0.15, -0.1) is 11.8 Å². The first kappa shape index (κ1) is 14.6. The maximum Gasteiger partial charge on any atom is 0.240 e. The largest absolute Gasteiger partial charge is 0.316 e. The van der Waals surface area contributed by atoms with E-state index in [9.17, 15) is 14.4 Å². The summed E-state index contributed by atoms with van der Waals surface area (Å²) in [5.41, 5.74) is 0.810. The number of anilines is 1. The summed E-state index contributed by atoms with van der Waals surface area (Å²) >= 11 is 1.44. The number of carbonyl (C=O) groups is 3. The van der Waals surface area contributed by atoms with Crippen molar-refractivity contribution in [2.24, 2.45) is 0 Å². The topological polar surface area (TPSA) is 66.5 Å². The molecule has 1 N–H and O–H groups in total. The third-order valence-corrected chi connectivity index (χ3v) is 4.44. The molecule has 0 aromatic heterocycles. The number of nitrogens with one attached hydrogen (secondary N) is 1. The van der Waals surface area contributed by atoms with Crippen molar-refractivity contribution in [2.45, 2.75) is 29.9 Å². The van der Waals surface area contributed by atoms with Gasteiger partial charge >= 0.3 is 0 Å². The van der Waals surface area contributed by atoms with Crippen LogP contribution in [0.5, 0.6) is 0 Å². The van der Waals surface area contributed by atoms with Crippen LogP contribution in [0.25, 0.3) is 0 Å². The van der Waals surface area contributed by atoms with Crippen LogP contribution in [-0.2, 0) is 14.4 Å². The number of piperidine rings is 1. The van der Waals surface area contributed by atoms with E-state index in [4.69, 9.17) is 0 Å². The first-order valence-corrected chi connectivity index (χ1v) is 7.20. The van der Waals surface area contributed by atoms with Gasteiger partial charge in [-0.1, -0.05) is 0 Å². The van der Waals surface area contributed by atoms with Crippen molar-refractivity contribution >= 4 is 35.2 Å². The molecule has 1 aromatic rings. The highest BCUT2D eigenvalue weighted by Crippen LogP contribution is 2.29. The zero-order valence-electron chi connectivity index (χ0n) is 11.4. The van der Waals surface area contributed by atoms with Gasteiger partial charge in [-0.25, -0.2) is 0 Å². The second-order valence-electron chi connectivity index (χ2n) is 4.63. The number of rotatable bonds is 3. The van der Waals surface area contributed by atoms with Gasteiger partial charge in [0.2, 0.25) is 17.7 Å². The average Bonchev–Trinajstić information content (AvgIpc) is 2.42. The molecule has 0 spiro atoms. The van der Waals surface area contributed by atoms with Crippen LogP contribution in [0.15, 0.2) is 29.2 Å². The minimum Gasteiger partial charge on any atom is -0.316 e. The molecule has 0 aliphatic carbocycles. The Labute approximate surface area is 121 Å². The van der Waals surface area contributed by atoms with Crippen molar-refractivity contribution in [2.75, 3.05) is 11.9 Å². The van der Waals surface area contributed by atoms with E-state index in [2.05, 4.69) is 5.32 Å². The maximum absolute atomic E-state index is 11.7. The molecule has 0 bridgehead atoms. The van der Waals surface area contributed by atoms with Gasteiger partial charge in [0.15, 0.2) is 0 Å². The number of carbonyl (C=O) groups excluding carboxylic acids is 3. The average molecular weight is 292 g/mol. The molecule has 6 heteroatoms. The second kappa shape index (κ2) is 6.09. The molecule has 106 valence electrons. The predicted molar refractivity (Wildman–Crippen MR) is 77.6 cm³/mol. The van der Waals surface area contributed by atoms with Gasteiger partial charge in [0, 0.05) is 31.0 Å². The molecule has 1 heterocycles. The summed E-state index contributed by atoms with van der Waals surface area (Å²) in [6.45, 7) is 1.51. The molecule has 1 atom stereocenters. The molecule has 1 unspecified atom stereocenters. The Morgan fingerprint density at radius 3 is 2.50 bits per heavy atom. The molecule has 5 nitrogen and oxygen atoms in total. The minimum absolute atomic E-state index is 0.0319. The number of imide groups is 1. The van der Waals surface area contributed by atoms with E-state index in [1.54, 1.807) is 11.9 Å². The van der Waals surface area contributed by atoms with Crippen LogP contribution in [0.4, 0.5) is 5.69 Å². The quantitative estimate of drug-likeness (QED) is 0.859. The fourth-order valence-corrected chi connectivity index (χ4v) is 2.90. The van der Waals surface area contributed by atoms with Gasteiger partial charge in [0.25, 0.3) is 0 Å². The lowest BCUT2D eigenvalue weighted by Gasteiger charge is -2.20. The number of thioether (sulfide) groups is 1.